The Labute approximate surface area is 376 Å². The molecular weight excluding hydrogens is 861 g/mol. The van der Waals surface area contributed by atoms with Crippen molar-refractivity contribution in [2.45, 2.75) is 77.7 Å². The minimum atomic E-state index is -1.00. The summed E-state index contributed by atoms with van der Waals surface area (Å²) in [7, 11) is 1.46. The smallest absolute Gasteiger partial charge is 0.425 e. The number of pyridine rings is 1. The third kappa shape index (κ3) is 9.32. The zero-order valence-electron chi connectivity index (χ0n) is 36.6. The number of fused-ring (bicyclic) bond motifs is 1. The number of nitrogens with zero attached hydrogens (tertiary/aromatic N) is 4. The molecule has 1 N–H and O–H groups in total. The van der Waals surface area contributed by atoms with Crippen molar-refractivity contribution in [1.29, 1.82) is 0 Å². The number of hydrogen-bond acceptors (Lipinski definition) is 8. The lowest BCUT2D eigenvalue weighted by Gasteiger charge is -2.39. The maximum Gasteiger partial charge on any atom is 0.425 e. The van der Waals surface area contributed by atoms with E-state index in [0.717, 1.165) is 27.2 Å². The van der Waals surface area contributed by atoms with Gasteiger partial charge < -0.3 is 24.1 Å². The Bertz CT molecular complexity index is 2610. The number of hydrogen-bond donors (Lipinski definition) is 1. The van der Waals surface area contributed by atoms with Crippen LogP contribution in [0.25, 0.3) is 10.8 Å². The second kappa shape index (κ2) is 18.1. The Morgan fingerprint density at radius 3 is 1.81 bits per heavy atom. The minimum absolute atomic E-state index is 0.0309. The Morgan fingerprint density at radius 1 is 0.778 bits per heavy atom. The van der Waals surface area contributed by atoms with Gasteiger partial charge in [-0.25, -0.2) is 23.9 Å². The summed E-state index contributed by atoms with van der Waals surface area (Å²) >= 11 is 3.74. The number of aryl methyl sites for hydroxylation is 1. The van der Waals surface area contributed by atoms with Gasteiger partial charge in [0.2, 0.25) is 0 Å². The average molecular weight is 913 g/mol. The van der Waals surface area contributed by atoms with Gasteiger partial charge in [-0.15, -0.1) is 0 Å². The molecule has 2 amide bonds. The Morgan fingerprint density at radius 2 is 1.32 bits per heavy atom. The number of amides is 2. The van der Waals surface area contributed by atoms with Crippen LogP contribution in [0.4, 0.5) is 25.5 Å². The number of rotatable bonds is 11. The van der Waals surface area contributed by atoms with E-state index in [1.54, 1.807) is 65.8 Å². The van der Waals surface area contributed by atoms with E-state index in [1.165, 1.54) is 13.3 Å². The van der Waals surface area contributed by atoms with Crippen molar-refractivity contribution < 1.29 is 28.2 Å². The molecule has 5 aromatic carbocycles. The molecule has 2 aromatic heterocycles. The molecule has 10 nitrogen and oxygen atoms in total. The zero-order chi connectivity index (χ0) is 45.1. The molecule has 324 valence electrons. The number of anilines is 2. The van der Waals surface area contributed by atoms with E-state index in [4.69, 9.17) is 19.2 Å². The molecule has 2 heterocycles. The number of nitrogens with one attached hydrogen (secondary N) is 1. The van der Waals surface area contributed by atoms with Crippen LogP contribution in [0, 0.1) is 5.82 Å². The topological polar surface area (TPSA) is 108 Å². The van der Waals surface area contributed by atoms with Crippen LogP contribution in [0.3, 0.4) is 0 Å². The van der Waals surface area contributed by atoms with Gasteiger partial charge >= 0.3 is 12.2 Å². The first-order valence-electron chi connectivity index (χ1n) is 20.7. The summed E-state index contributed by atoms with van der Waals surface area (Å²) in [5.74, 6) is 0.0835. The van der Waals surface area contributed by atoms with E-state index in [1.807, 2.05) is 79.9 Å². The number of imidazole rings is 1. The predicted molar refractivity (Wildman–Crippen MR) is 249 cm³/mol. The molecule has 0 bridgehead atoms. The molecule has 0 aliphatic heterocycles. The van der Waals surface area contributed by atoms with Crippen LogP contribution in [-0.2, 0) is 21.4 Å². The standard InChI is InChI=1S/C51H51BrFN5O5/c1-9-33-29-40(43(53)41(30-33)61-8)44(55-38-25-26-39-34(31-38)27-28-54-45(39)58(47(59)62-49(2,3)4)48(60)63-50(5,6)7)46-56-42(52)32-57(46)51(35-19-13-10-14-20-35,36-21-15-11-16-22-36)37-23-17-12-18-24-37/h10-32,44,55H,9H2,1-8H3. The van der Waals surface area contributed by atoms with Gasteiger partial charge in [0.25, 0.3) is 0 Å². The van der Waals surface area contributed by atoms with Crippen LogP contribution >= 0.6 is 15.9 Å². The van der Waals surface area contributed by atoms with E-state index in [0.29, 0.717) is 38.9 Å². The van der Waals surface area contributed by atoms with Gasteiger partial charge in [-0.05, 0) is 122 Å². The van der Waals surface area contributed by atoms with Crippen LogP contribution in [0.5, 0.6) is 5.75 Å². The predicted octanol–water partition coefficient (Wildman–Crippen LogP) is 12.6. The summed E-state index contributed by atoms with van der Waals surface area (Å²) in [6.45, 7) is 12.3. The second-order valence-corrected chi connectivity index (χ2v) is 17.9. The number of ether oxygens (including phenoxy) is 3. The van der Waals surface area contributed by atoms with E-state index >= 15 is 4.39 Å². The third-order valence-corrected chi connectivity index (χ3v) is 10.8. The fraction of sp³-hybridized carbons (Fsp3) is 0.255. The molecule has 1 unspecified atom stereocenters. The van der Waals surface area contributed by atoms with Gasteiger partial charge in [0.1, 0.15) is 33.2 Å². The SMILES string of the molecule is CCc1cc(OC)c(F)c(C(Nc2ccc3c(N(C(=O)OC(C)(C)C)C(=O)OC(C)(C)C)nccc3c2)c2nc(Br)cn2C(c2ccccc2)(c2ccccc2)c2ccccc2)c1. The molecule has 7 rings (SSSR count). The van der Waals surface area contributed by atoms with Gasteiger partial charge in [-0.2, -0.15) is 4.90 Å². The van der Waals surface area contributed by atoms with Crippen LogP contribution in [0.15, 0.2) is 144 Å². The lowest BCUT2D eigenvalue weighted by molar-refractivity contribution is 0.0429. The van der Waals surface area contributed by atoms with Crippen molar-refractivity contribution in [3.05, 3.63) is 184 Å². The van der Waals surface area contributed by atoms with Crippen LogP contribution < -0.4 is 15.0 Å². The summed E-state index contributed by atoms with van der Waals surface area (Å²) in [6, 6.07) is 40.4. The minimum Gasteiger partial charge on any atom is -0.494 e. The van der Waals surface area contributed by atoms with Crippen LogP contribution in [0.2, 0.25) is 0 Å². The van der Waals surface area contributed by atoms with Gasteiger partial charge in [-0.1, -0.05) is 104 Å². The van der Waals surface area contributed by atoms with Crippen molar-refractivity contribution in [2.24, 2.45) is 0 Å². The molecular formula is C51H51BrFN5O5. The maximum atomic E-state index is 17.1. The normalized spacial score (nSPS) is 12.4. The Kier molecular flexibility index (Phi) is 12.8. The van der Waals surface area contributed by atoms with Crippen molar-refractivity contribution in [1.82, 2.24) is 14.5 Å². The molecule has 0 fully saturated rings. The fourth-order valence-corrected chi connectivity index (χ4v) is 8.16. The van der Waals surface area contributed by atoms with Crippen molar-refractivity contribution >= 4 is 50.4 Å². The summed E-state index contributed by atoms with van der Waals surface area (Å²) in [5, 5.41) is 4.76. The van der Waals surface area contributed by atoms with Crippen LogP contribution in [0.1, 0.15) is 88.1 Å². The molecule has 0 radical (unpaired) electrons. The average Bonchev–Trinajstić information content (AvgIpc) is 3.64. The number of aromatic nitrogens is 3. The highest BCUT2D eigenvalue weighted by Gasteiger charge is 2.42. The van der Waals surface area contributed by atoms with Crippen LogP contribution in [-0.4, -0.2) is 45.0 Å². The Balaban J connectivity index is 1.47. The summed E-state index contributed by atoms with van der Waals surface area (Å²) in [4.78, 5) is 37.9. The van der Waals surface area contributed by atoms with Gasteiger partial charge in [-0.3, -0.25) is 0 Å². The lowest BCUT2D eigenvalue weighted by atomic mass is 9.76. The van der Waals surface area contributed by atoms with E-state index < -0.39 is 40.8 Å². The first-order valence-corrected chi connectivity index (χ1v) is 21.5. The molecule has 0 spiro atoms. The first kappa shape index (κ1) is 44.5. The monoisotopic (exact) mass is 911 g/mol. The number of carbonyl (C=O) groups excluding carboxylic acids is 2. The quantitative estimate of drug-likeness (QED) is 0.128. The maximum absolute atomic E-state index is 17.1. The molecule has 7 aromatic rings. The van der Waals surface area contributed by atoms with Crippen molar-refractivity contribution in [3.63, 3.8) is 0 Å². The van der Waals surface area contributed by atoms with Crippen molar-refractivity contribution in [2.75, 3.05) is 17.3 Å². The molecule has 63 heavy (non-hydrogen) atoms. The third-order valence-electron chi connectivity index (χ3n) is 10.4. The summed E-state index contributed by atoms with van der Waals surface area (Å²) in [5.41, 5.74) is 1.80. The molecule has 12 heteroatoms. The number of halogens is 2. The highest BCUT2D eigenvalue weighted by molar-refractivity contribution is 9.10. The number of imide groups is 1. The largest absolute Gasteiger partial charge is 0.494 e. The van der Waals surface area contributed by atoms with Gasteiger partial charge in [0.15, 0.2) is 17.4 Å². The lowest BCUT2D eigenvalue weighted by Crippen LogP contribution is -2.44. The van der Waals surface area contributed by atoms with E-state index in [2.05, 4.69) is 67.2 Å². The zero-order valence-corrected chi connectivity index (χ0v) is 38.2. The summed E-state index contributed by atoms with van der Waals surface area (Å²) < 4.78 is 36.7. The Hall–Kier alpha value is -6.53. The van der Waals surface area contributed by atoms with Gasteiger partial charge in [0, 0.05) is 29.0 Å². The summed E-state index contributed by atoms with van der Waals surface area (Å²) in [6.07, 6.45) is 2.20. The number of carbonyl (C=O) groups is 2. The highest BCUT2D eigenvalue weighted by Crippen LogP contribution is 2.45. The van der Waals surface area contributed by atoms with E-state index in [9.17, 15) is 9.59 Å². The molecule has 1 atom stereocenters. The second-order valence-electron chi connectivity index (χ2n) is 17.1. The number of benzene rings is 5. The highest BCUT2D eigenvalue weighted by atomic mass is 79.9. The molecule has 0 saturated heterocycles. The number of methoxy groups -OCH3 is 1. The van der Waals surface area contributed by atoms with Gasteiger partial charge in [0.05, 0.1) is 7.11 Å². The molecule has 0 saturated carbocycles. The first-order chi connectivity index (χ1) is 30.0. The fourth-order valence-electron chi connectivity index (χ4n) is 7.77. The van der Waals surface area contributed by atoms with Crippen molar-refractivity contribution in [3.8, 4) is 5.75 Å². The van der Waals surface area contributed by atoms with E-state index in [-0.39, 0.29) is 11.6 Å². The molecule has 0 aliphatic carbocycles. The molecule has 0 aliphatic rings.